The summed E-state index contributed by atoms with van der Waals surface area (Å²) in [6.45, 7) is 5.94. The second-order valence-corrected chi connectivity index (χ2v) is 6.16. The Morgan fingerprint density at radius 3 is 2.67 bits per heavy atom. The summed E-state index contributed by atoms with van der Waals surface area (Å²) in [6.07, 6.45) is 1.60. The fourth-order valence-electron chi connectivity index (χ4n) is 2.71. The van der Waals surface area contributed by atoms with E-state index in [1.54, 1.807) is 13.8 Å². The summed E-state index contributed by atoms with van der Waals surface area (Å²) >= 11 is 6.34. The van der Waals surface area contributed by atoms with E-state index in [1.807, 2.05) is 18.2 Å². The van der Waals surface area contributed by atoms with Crippen molar-refractivity contribution in [2.45, 2.75) is 32.8 Å². The van der Waals surface area contributed by atoms with Crippen molar-refractivity contribution in [3.8, 4) is 0 Å². The average molecular weight is 311 g/mol. The van der Waals surface area contributed by atoms with Crippen LogP contribution in [0.4, 0.5) is 5.69 Å². The van der Waals surface area contributed by atoms with Gasteiger partial charge in [-0.25, -0.2) is 0 Å². The molecule has 0 spiro atoms. The van der Waals surface area contributed by atoms with Crippen molar-refractivity contribution in [1.29, 1.82) is 0 Å². The molecule has 0 bridgehead atoms. The molecule has 1 aromatic carbocycles. The molecular formula is C16H23ClN2O2. The van der Waals surface area contributed by atoms with E-state index in [0.29, 0.717) is 10.9 Å². The van der Waals surface area contributed by atoms with Gasteiger partial charge in [-0.15, -0.1) is 0 Å². The van der Waals surface area contributed by atoms with Gasteiger partial charge in [0.05, 0.1) is 16.8 Å². The van der Waals surface area contributed by atoms with Crippen LogP contribution in [0.3, 0.4) is 0 Å². The van der Waals surface area contributed by atoms with Gasteiger partial charge < -0.3 is 15.3 Å². The van der Waals surface area contributed by atoms with Gasteiger partial charge in [-0.1, -0.05) is 17.7 Å². The van der Waals surface area contributed by atoms with Crippen LogP contribution in [0.15, 0.2) is 18.2 Å². The van der Waals surface area contributed by atoms with Crippen molar-refractivity contribution in [3.63, 3.8) is 0 Å². The van der Waals surface area contributed by atoms with Crippen LogP contribution in [0.5, 0.6) is 0 Å². The molecule has 1 atom stereocenters. The fourth-order valence-corrected chi connectivity index (χ4v) is 3.01. The zero-order chi connectivity index (χ0) is 15.4. The second-order valence-electron chi connectivity index (χ2n) is 5.75. The molecule has 0 saturated carbocycles. The number of hydrogen-bond acceptors (Lipinski definition) is 3. The largest absolute Gasteiger partial charge is 0.389 e. The Morgan fingerprint density at radius 2 is 2.14 bits per heavy atom. The van der Waals surface area contributed by atoms with E-state index < -0.39 is 6.10 Å². The second kappa shape index (κ2) is 7.14. The molecular weight excluding hydrogens is 288 g/mol. The number of halogens is 1. The van der Waals surface area contributed by atoms with Crippen LogP contribution in [0, 0.1) is 5.92 Å². The predicted octanol–water partition coefficient (Wildman–Crippen LogP) is 2.75. The van der Waals surface area contributed by atoms with Gasteiger partial charge in [-0.05, 0) is 43.4 Å². The van der Waals surface area contributed by atoms with Crippen LogP contribution < -0.4 is 10.2 Å². The summed E-state index contributed by atoms with van der Waals surface area (Å²) in [4.78, 5) is 13.2. The molecule has 0 aliphatic carbocycles. The molecule has 0 unspecified atom stereocenters. The van der Waals surface area contributed by atoms with Gasteiger partial charge in [-0.3, -0.25) is 4.79 Å². The molecule has 1 heterocycles. The maximum Gasteiger partial charge on any atom is 0.216 e. The zero-order valence-electron chi connectivity index (χ0n) is 12.6. The van der Waals surface area contributed by atoms with E-state index in [0.717, 1.165) is 43.7 Å². The molecule has 5 heteroatoms. The van der Waals surface area contributed by atoms with Crippen LogP contribution in [0.1, 0.15) is 38.4 Å². The summed E-state index contributed by atoms with van der Waals surface area (Å²) in [7, 11) is 0. The highest BCUT2D eigenvalue weighted by Gasteiger charge is 2.21. The van der Waals surface area contributed by atoms with Crippen molar-refractivity contribution in [3.05, 3.63) is 28.8 Å². The lowest BCUT2D eigenvalue weighted by molar-refractivity contribution is -0.119. The number of hydrogen-bond donors (Lipinski definition) is 2. The first-order valence-corrected chi connectivity index (χ1v) is 7.82. The summed E-state index contributed by atoms with van der Waals surface area (Å²) in [6, 6.07) is 5.75. The van der Waals surface area contributed by atoms with Gasteiger partial charge >= 0.3 is 0 Å². The SMILES string of the molecule is CC(=O)NCC1CCN(c2ccc([C@@H](C)O)cc2Cl)CC1. The van der Waals surface area contributed by atoms with Gasteiger partial charge in [-0.2, -0.15) is 0 Å². The lowest BCUT2D eigenvalue weighted by Gasteiger charge is -2.34. The van der Waals surface area contributed by atoms with E-state index in [2.05, 4.69) is 10.2 Å². The molecule has 116 valence electrons. The maximum atomic E-state index is 10.9. The molecule has 2 N–H and O–H groups in total. The van der Waals surface area contributed by atoms with Crippen LogP contribution in [-0.4, -0.2) is 30.6 Å². The summed E-state index contributed by atoms with van der Waals surface area (Å²) in [5.74, 6) is 0.579. The van der Waals surface area contributed by atoms with Crippen molar-refractivity contribution < 1.29 is 9.90 Å². The smallest absolute Gasteiger partial charge is 0.216 e. The number of amides is 1. The average Bonchev–Trinajstić information content (AvgIpc) is 2.45. The number of benzene rings is 1. The third-order valence-corrected chi connectivity index (χ3v) is 4.35. The number of aliphatic hydroxyl groups is 1. The molecule has 1 aliphatic rings. The molecule has 1 saturated heterocycles. The van der Waals surface area contributed by atoms with E-state index in [1.165, 1.54) is 0 Å². The Morgan fingerprint density at radius 1 is 1.48 bits per heavy atom. The number of aliphatic hydroxyl groups excluding tert-OH is 1. The zero-order valence-corrected chi connectivity index (χ0v) is 13.4. The topological polar surface area (TPSA) is 52.6 Å². The highest BCUT2D eigenvalue weighted by molar-refractivity contribution is 6.33. The monoisotopic (exact) mass is 310 g/mol. The van der Waals surface area contributed by atoms with E-state index in [9.17, 15) is 9.90 Å². The highest BCUT2D eigenvalue weighted by Crippen LogP contribution is 2.31. The Labute approximate surface area is 131 Å². The minimum Gasteiger partial charge on any atom is -0.389 e. The van der Waals surface area contributed by atoms with Crippen LogP contribution >= 0.6 is 11.6 Å². The lowest BCUT2D eigenvalue weighted by atomic mass is 9.96. The summed E-state index contributed by atoms with van der Waals surface area (Å²) < 4.78 is 0. The number of carbonyl (C=O) groups is 1. The Bertz CT molecular complexity index is 497. The number of piperidine rings is 1. The lowest BCUT2D eigenvalue weighted by Crippen LogP contribution is -2.38. The Kier molecular flexibility index (Phi) is 5.48. The van der Waals surface area contributed by atoms with Gasteiger partial charge in [0.15, 0.2) is 0 Å². The van der Waals surface area contributed by atoms with E-state index in [-0.39, 0.29) is 5.91 Å². The molecule has 21 heavy (non-hydrogen) atoms. The predicted molar refractivity (Wildman–Crippen MR) is 85.7 cm³/mol. The number of nitrogens with zero attached hydrogens (tertiary/aromatic N) is 1. The van der Waals surface area contributed by atoms with E-state index in [4.69, 9.17) is 11.6 Å². The molecule has 1 amide bonds. The van der Waals surface area contributed by atoms with E-state index >= 15 is 0 Å². The number of carbonyl (C=O) groups excluding carboxylic acids is 1. The molecule has 0 aromatic heterocycles. The first kappa shape index (κ1) is 16.1. The maximum absolute atomic E-state index is 10.9. The first-order chi connectivity index (χ1) is 9.97. The third-order valence-electron chi connectivity index (χ3n) is 4.05. The number of rotatable bonds is 4. The number of nitrogens with one attached hydrogen (secondary N) is 1. The van der Waals surface area contributed by atoms with Crippen molar-refractivity contribution >= 4 is 23.2 Å². The molecule has 4 nitrogen and oxygen atoms in total. The molecule has 0 radical (unpaired) electrons. The number of anilines is 1. The standard InChI is InChI=1S/C16H23ClN2O2/c1-11(20)14-3-4-16(15(17)9-14)19-7-5-13(6-8-19)10-18-12(2)21/h3-4,9,11,13,20H,5-8,10H2,1-2H3,(H,18,21)/t11-/m1/s1. The van der Waals surface area contributed by atoms with Gasteiger partial charge in [0.2, 0.25) is 5.91 Å². The van der Waals surface area contributed by atoms with Gasteiger partial charge in [0.1, 0.15) is 0 Å². The van der Waals surface area contributed by atoms with Crippen LogP contribution in [-0.2, 0) is 4.79 Å². The molecule has 2 rings (SSSR count). The third kappa shape index (κ3) is 4.35. The van der Waals surface area contributed by atoms with Crippen LogP contribution in [0.2, 0.25) is 5.02 Å². The Balaban J connectivity index is 1.94. The van der Waals surface area contributed by atoms with Crippen molar-refractivity contribution in [2.24, 2.45) is 5.92 Å². The summed E-state index contributed by atoms with van der Waals surface area (Å²) in [5, 5.41) is 13.2. The Hall–Kier alpha value is -1.26. The first-order valence-electron chi connectivity index (χ1n) is 7.44. The van der Waals surface area contributed by atoms with Gasteiger partial charge in [0, 0.05) is 26.6 Å². The molecule has 1 aromatic rings. The van der Waals surface area contributed by atoms with Crippen LogP contribution in [0.25, 0.3) is 0 Å². The fraction of sp³-hybridized carbons (Fsp3) is 0.562. The molecule has 1 fully saturated rings. The van der Waals surface area contributed by atoms with Gasteiger partial charge in [0.25, 0.3) is 0 Å². The minimum atomic E-state index is -0.500. The normalized spacial score (nSPS) is 17.6. The van der Waals surface area contributed by atoms with Crippen molar-refractivity contribution in [2.75, 3.05) is 24.5 Å². The molecule has 1 aliphatic heterocycles. The highest BCUT2D eigenvalue weighted by atomic mass is 35.5. The van der Waals surface area contributed by atoms with Crippen molar-refractivity contribution in [1.82, 2.24) is 5.32 Å². The quantitative estimate of drug-likeness (QED) is 0.899. The minimum absolute atomic E-state index is 0.0363. The summed E-state index contributed by atoms with van der Waals surface area (Å²) in [5.41, 5.74) is 1.86.